The van der Waals surface area contributed by atoms with Gasteiger partial charge in [0.1, 0.15) is 65.5 Å². The first-order chi connectivity index (χ1) is 17.3. The number of aliphatic hydroxyl groups is 6. The van der Waals surface area contributed by atoms with E-state index < -0.39 is 79.4 Å². The molecule has 1 aromatic rings. The molecular formula is C24H36O13. The van der Waals surface area contributed by atoms with Gasteiger partial charge in [-0.15, -0.1) is 0 Å². The van der Waals surface area contributed by atoms with Gasteiger partial charge in [-0.05, 0) is 20.3 Å². The summed E-state index contributed by atoms with van der Waals surface area (Å²) in [5.74, 6) is -2.10. The monoisotopic (exact) mass is 532 g/mol. The molecule has 2 heterocycles. The molecule has 1 aromatic carbocycles. The quantitative estimate of drug-likeness (QED) is 0.181. The van der Waals surface area contributed by atoms with Crippen LogP contribution in [0.4, 0.5) is 0 Å². The highest BCUT2D eigenvalue weighted by Crippen LogP contribution is 2.44. The average molecular weight is 533 g/mol. The van der Waals surface area contributed by atoms with Gasteiger partial charge < -0.3 is 59.8 Å². The first-order valence-electron chi connectivity index (χ1n) is 12.0. The maximum Gasteiger partial charge on any atom is 0.229 e. The number of rotatable bonds is 8. The summed E-state index contributed by atoms with van der Waals surface area (Å²) in [6, 6.07) is 0. The molecular weight excluding hydrogens is 496 g/mol. The number of benzene rings is 1. The van der Waals surface area contributed by atoms with Gasteiger partial charge in [-0.3, -0.25) is 4.79 Å². The minimum Gasteiger partial charge on any atom is -0.507 e. The van der Waals surface area contributed by atoms with Crippen LogP contribution in [0.15, 0.2) is 0 Å². The number of ether oxygens (including phenoxy) is 4. The predicted octanol–water partition coefficient (Wildman–Crippen LogP) is -1.41. The van der Waals surface area contributed by atoms with E-state index >= 15 is 0 Å². The van der Waals surface area contributed by atoms with E-state index in [4.69, 9.17) is 18.9 Å². The second-order valence-corrected chi connectivity index (χ2v) is 9.54. The number of carbonyl (C=O) groups is 1. The van der Waals surface area contributed by atoms with Crippen molar-refractivity contribution in [2.24, 2.45) is 5.92 Å². The lowest BCUT2D eigenvalue weighted by Crippen LogP contribution is -2.61. The van der Waals surface area contributed by atoms with Crippen molar-refractivity contribution in [3.05, 3.63) is 16.7 Å². The normalized spacial score (nSPS) is 35.2. The highest BCUT2D eigenvalue weighted by molar-refractivity contribution is 6.03. The summed E-state index contributed by atoms with van der Waals surface area (Å²) in [5.41, 5.74) is -0.0863. The molecule has 0 aliphatic carbocycles. The molecule has 1 unspecified atom stereocenters. The number of Topliss-reactive ketones (excluding diaryl/α,β-unsaturated/α-hetero) is 1. The summed E-state index contributed by atoms with van der Waals surface area (Å²) in [7, 11) is 0. The van der Waals surface area contributed by atoms with Gasteiger partial charge >= 0.3 is 0 Å². The molecule has 3 rings (SSSR count). The summed E-state index contributed by atoms with van der Waals surface area (Å²) in [6.45, 7) is 5.47. The number of hydrogen-bond donors (Lipinski definition) is 8. The van der Waals surface area contributed by atoms with Crippen LogP contribution in [0.2, 0.25) is 0 Å². The van der Waals surface area contributed by atoms with E-state index in [1.807, 2.05) is 0 Å². The number of aliphatic hydroxyl groups excluding tert-OH is 6. The average Bonchev–Trinajstić information content (AvgIpc) is 2.88. The molecule has 2 aliphatic heterocycles. The molecule has 2 fully saturated rings. The maximum atomic E-state index is 13.1. The van der Waals surface area contributed by atoms with Crippen LogP contribution in [-0.2, 0) is 14.2 Å². The molecule has 2 aliphatic rings. The number of hydrogen-bond acceptors (Lipinski definition) is 13. The fraction of sp³-hybridized carbons (Fsp3) is 0.708. The Bertz CT molecular complexity index is 969. The summed E-state index contributed by atoms with van der Waals surface area (Å²) in [6.07, 6.45) is -13.7. The lowest BCUT2D eigenvalue weighted by molar-refractivity contribution is -0.307. The highest BCUT2D eigenvalue weighted by Gasteiger charge is 2.47. The van der Waals surface area contributed by atoms with Gasteiger partial charge in [0.05, 0.1) is 13.2 Å². The Kier molecular flexibility index (Phi) is 9.37. The second-order valence-electron chi connectivity index (χ2n) is 9.54. The third-order valence-corrected chi connectivity index (χ3v) is 6.96. The van der Waals surface area contributed by atoms with Gasteiger partial charge in [0.15, 0.2) is 12.1 Å². The first-order valence-corrected chi connectivity index (χ1v) is 12.0. The lowest BCUT2D eigenvalue weighted by Gasteiger charge is -2.41. The molecule has 0 radical (unpaired) electrons. The zero-order valence-electron chi connectivity index (χ0n) is 21.0. The third kappa shape index (κ3) is 5.70. The standard InChI is InChI=1S/C24H36O13/c1-5-8(2)14(26)13-16(28)9(3)15(27)10(4)22(13)37-24-21(33)19(31)18(30)12(36-24)7-35-23-20(32)17(29)11(25)6-34-23/h8,11-12,17-21,23-25,27-33H,5-7H2,1-4H3/t8?,11-,12-,17+,18-,19+,20-,21-,23+,24+/m1/s1. The predicted molar refractivity (Wildman–Crippen MR) is 124 cm³/mol. The van der Waals surface area contributed by atoms with E-state index in [-0.39, 0.29) is 34.8 Å². The molecule has 13 heteroatoms. The van der Waals surface area contributed by atoms with Crippen LogP contribution < -0.4 is 4.74 Å². The SMILES string of the molecule is CCC(C)C(=O)c1c(O)c(C)c(O)c(C)c1O[C@@H]1O[C@H](CO[C@@H]2OC[C@@H](O)[C@H](O)[C@H]2O)[C@@H](O)[C@H](O)[C@H]1O. The van der Waals surface area contributed by atoms with Gasteiger partial charge in [-0.2, -0.15) is 0 Å². The van der Waals surface area contributed by atoms with Crippen molar-refractivity contribution in [3.63, 3.8) is 0 Å². The third-order valence-electron chi connectivity index (χ3n) is 6.96. The zero-order chi connectivity index (χ0) is 27.8. The topological polar surface area (TPSA) is 216 Å². The molecule has 37 heavy (non-hydrogen) atoms. The van der Waals surface area contributed by atoms with Crippen LogP contribution in [0.5, 0.6) is 17.2 Å². The number of phenolic OH excluding ortho intramolecular Hbond substituents is 2. The van der Waals surface area contributed by atoms with E-state index in [1.54, 1.807) is 13.8 Å². The van der Waals surface area contributed by atoms with E-state index in [0.717, 1.165) is 0 Å². The molecule has 0 spiro atoms. The van der Waals surface area contributed by atoms with E-state index in [2.05, 4.69) is 0 Å². The molecule has 0 saturated carbocycles. The number of aromatic hydroxyl groups is 2. The van der Waals surface area contributed by atoms with Crippen molar-refractivity contribution >= 4 is 5.78 Å². The van der Waals surface area contributed by atoms with Crippen LogP contribution in [0.3, 0.4) is 0 Å². The molecule has 0 amide bonds. The maximum absolute atomic E-state index is 13.1. The molecule has 8 N–H and O–H groups in total. The summed E-state index contributed by atoms with van der Waals surface area (Å²) >= 11 is 0. The Morgan fingerprint density at radius 3 is 2.16 bits per heavy atom. The second kappa shape index (κ2) is 11.8. The zero-order valence-corrected chi connectivity index (χ0v) is 21.0. The van der Waals surface area contributed by atoms with Gasteiger partial charge in [0.25, 0.3) is 0 Å². The highest BCUT2D eigenvalue weighted by atomic mass is 16.7. The van der Waals surface area contributed by atoms with Gasteiger partial charge in [0, 0.05) is 17.0 Å². The van der Waals surface area contributed by atoms with Crippen molar-refractivity contribution in [1.29, 1.82) is 0 Å². The summed E-state index contributed by atoms with van der Waals surface area (Å²) in [5, 5.41) is 81.9. The van der Waals surface area contributed by atoms with Crippen LogP contribution in [0.1, 0.15) is 41.8 Å². The fourth-order valence-electron chi connectivity index (χ4n) is 4.17. The Balaban J connectivity index is 1.86. The van der Waals surface area contributed by atoms with Crippen molar-refractivity contribution in [1.82, 2.24) is 0 Å². The van der Waals surface area contributed by atoms with Crippen molar-refractivity contribution in [3.8, 4) is 17.2 Å². The van der Waals surface area contributed by atoms with Gasteiger partial charge in [-0.25, -0.2) is 0 Å². The van der Waals surface area contributed by atoms with Crippen LogP contribution >= 0.6 is 0 Å². The molecule has 10 atom stereocenters. The van der Waals surface area contributed by atoms with E-state index in [1.165, 1.54) is 13.8 Å². The van der Waals surface area contributed by atoms with Crippen molar-refractivity contribution in [2.45, 2.75) is 89.4 Å². The van der Waals surface area contributed by atoms with Gasteiger partial charge in [0.2, 0.25) is 6.29 Å². The Morgan fingerprint density at radius 2 is 1.54 bits per heavy atom. The minimum absolute atomic E-state index is 0.0571. The Hall–Kier alpha value is -2.07. The van der Waals surface area contributed by atoms with Crippen LogP contribution in [0, 0.1) is 19.8 Å². The van der Waals surface area contributed by atoms with Crippen molar-refractivity contribution < 1.29 is 64.6 Å². The van der Waals surface area contributed by atoms with Crippen molar-refractivity contribution in [2.75, 3.05) is 13.2 Å². The molecule has 0 bridgehead atoms. The molecule has 2 saturated heterocycles. The molecule has 13 nitrogen and oxygen atoms in total. The summed E-state index contributed by atoms with van der Waals surface area (Å²) in [4.78, 5) is 13.1. The van der Waals surface area contributed by atoms with Gasteiger partial charge in [-0.1, -0.05) is 13.8 Å². The largest absolute Gasteiger partial charge is 0.507 e. The Morgan fingerprint density at radius 1 is 0.919 bits per heavy atom. The number of phenols is 2. The smallest absolute Gasteiger partial charge is 0.229 e. The summed E-state index contributed by atoms with van der Waals surface area (Å²) < 4.78 is 21.9. The van der Waals surface area contributed by atoms with Crippen LogP contribution in [0.25, 0.3) is 0 Å². The molecule has 210 valence electrons. The number of carbonyl (C=O) groups excluding carboxylic acids is 1. The number of ketones is 1. The minimum atomic E-state index is -1.81. The molecule has 0 aromatic heterocycles. The van der Waals surface area contributed by atoms with E-state index in [0.29, 0.717) is 6.42 Å². The van der Waals surface area contributed by atoms with E-state index in [9.17, 15) is 45.6 Å². The first kappa shape index (κ1) is 29.5. The lowest BCUT2D eigenvalue weighted by atomic mass is 9.91. The van der Waals surface area contributed by atoms with Crippen LogP contribution in [-0.4, -0.2) is 115 Å². The fourth-order valence-corrected chi connectivity index (χ4v) is 4.17. The Labute approximate surface area is 213 Å².